The summed E-state index contributed by atoms with van der Waals surface area (Å²) >= 11 is 5.78. The molecule has 0 aromatic heterocycles. The molecule has 0 fully saturated rings. The number of carbonyl (C=O) groups excluding carboxylic acids is 1. The fourth-order valence-corrected chi connectivity index (χ4v) is 2.09. The molecule has 1 nitrogen and oxygen atoms in total. The summed E-state index contributed by atoms with van der Waals surface area (Å²) in [6.07, 6.45) is 1.63. The monoisotopic (exact) mass is 212 g/mol. The van der Waals surface area contributed by atoms with Crippen LogP contribution in [-0.2, 0) is 6.42 Å². The zero-order valence-corrected chi connectivity index (χ0v) is 8.57. The fourth-order valence-electron chi connectivity index (χ4n) is 1.81. The Morgan fingerprint density at radius 3 is 2.93 bits per heavy atom. The maximum absolute atomic E-state index is 13.1. The summed E-state index contributed by atoms with van der Waals surface area (Å²) in [4.78, 5) is 11.7. The third kappa shape index (κ3) is 1.34. The van der Waals surface area contributed by atoms with Gasteiger partial charge in [0.2, 0.25) is 0 Å². The SMILES string of the molecule is CC1CCc2ccc(F)c(Cl)c2C1=O. The van der Waals surface area contributed by atoms with Crippen LogP contribution >= 0.6 is 11.6 Å². The molecule has 1 aliphatic rings. The van der Waals surface area contributed by atoms with E-state index in [-0.39, 0.29) is 16.7 Å². The van der Waals surface area contributed by atoms with Crippen LogP contribution in [0.25, 0.3) is 0 Å². The van der Waals surface area contributed by atoms with Crippen LogP contribution in [0.3, 0.4) is 0 Å². The summed E-state index contributed by atoms with van der Waals surface area (Å²) < 4.78 is 13.1. The minimum atomic E-state index is -0.507. The third-order valence-corrected chi connectivity index (χ3v) is 3.09. The lowest BCUT2D eigenvalue weighted by Crippen LogP contribution is -2.20. The molecular formula is C11H10ClFO. The zero-order chi connectivity index (χ0) is 10.3. The Kier molecular flexibility index (Phi) is 2.31. The Balaban J connectivity index is 2.62. The van der Waals surface area contributed by atoms with Gasteiger partial charge in [0.1, 0.15) is 5.82 Å². The molecule has 0 N–H and O–H groups in total. The maximum atomic E-state index is 13.1. The highest BCUT2D eigenvalue weighted by molar-refractivity contribution is 6.34. The van der Waals surface area contributed by atoms with E-state index < -0.39 is 5.82 Å². The molecule has 0 spiro atoms. The number of aryl methyl sites for hydroxylation is 1. The first-order chi connectivity index (χ1) is 6.61. The van der Waals surface area contributed by atoms with Crippen LogP contribution in [0.2, 0.25) is 5.02 Å². The van der Waals surface area contributed by atoms with Crippen molar-refractivity contribution < 1.29 is 9.18 Å². The van der Waals surface area contributed by atoms with Crippen LogP contribution in [0.1, 0.15) is 29.3 Å². The Hall–Kier alpha value is -0.890. The number of rotatable bonds is 0. The summed E-state index contributed by atoms with van der Waals surface area (Å²) in [6.45, 7) is 1.85. The Morgan fingerprint density at radius 2 is 2.21 bits per heavy atom. The van der Waals surface area contributed by atoms with Crippen molar-refractivity contribution in [3.63, 3.8) is 0 Å². The van der Waals surface area contributed by atoms with E-state index in [9.17, 15) is 9.18 Å². The van der Waals surface area contributed by atoms with Crippen LogP contribution in [0, 0.1) is 11.7 Å². The van der Waals surface area contributed by atoms with E-state index >= 15 is 0 Å². The molecule has 1 unspecified atom stereocenters. The van der Waals surface area contributed by atoms with Gasteiger partial charge in [-0.15, -0.1) is 0 Å². The molecule has 3 heteroatoms. The van der Waals surface area contributed by atoms with Gasteiger partial charge in [-0.3, -0.25) is 4.79 Å². The van der Waals surface area contributed by atoms with Crippen molar-refractivity contribution >= 4 is 17.4 Å². The molecule has 0 saturated heterocycles. The van der Waals surface area contributed by atoms with E-state index in [0.29, 0.717) is 5.56 Å². The summed E-state index contributed by atoms with van der Waals surface area (Å²) in [6, 6.07) is 2.98. The van der Waals surface area contributed by atoms with Crippen molar-refractivity contribution in [1.29, 1.82) is 0 Å². The van der Waals surface area contributed by atoms with E-state index in [4.69, 9.17) is 11.6 Å². The smallest absolute Gasteiger partial charge is 0.167 e. The summed E-state index contributed by atoms with van der Waals surface area (Å²) in [5.74, 6) is -0.578. The number of Topliss-reactive ketones (excluding diaryl/α,β-unsaturated/α-hetero) is 1. The van der Waals surface area contributed by atoms with Gasteiger partial charge in [0.15, 0.2) is 5.78 Å². The van der Waals surface area contributed by atoms with Crippen LogP contribution in [0.4, 0.5) is 4.39 Å². The number of halogens is 2. The first kappa shape index (κ1) is 9.66. The van der Waals surface area contributed by atoms with E-state index in [0.717, 1.165) is 18.4 Å². The third-order valence-electron chi connectivity index (χ3n) is 2.72. The predicted molar refractivity (Wildman–Crippen MR) is 53.2 cm³/mol. The Labute approximate surface area is 86.9 Å². The lowest BCUT2D eigenvalue weighted by atomic mass is 9.84. The van der Waals surface area contributed by atoms with Gasteiger partial charge in [-0.05, 0) is 24.5 Å². The van der Waals surface area contributed by atoms with E-state index in [1.165, 1.54) is 6.07 Å². The van der Waals surface area contributed by atoms with Gasteiger partial charge >= 0.3 is 0 Å². The second kappa shape index (κ2) is 3.35. The number of hydrogen-bond donors (Lipinski definition) is 0. The minimum Gasteiger partial charge on any atom is -0.294 e. The second-order valence-corrected chi connectivity index (χ2v) is 4.08. The van der Waals surface area contributed by atoms with Crippen molar-refractivity contribution in [1.82, 2.24) is 0 Å². The van der Waals surface area contributed by atoms with Gasteiger partial charge in [0.25, 0.3) is 0 Å². The largest absolute Gasteiger partial charge is 0.294 e. The number of ketones is 1. The lowest BCUT2D eigenvalue weighted by molar-refractivity contribution is 0.0913. The summed E-state index contributed by atoms with van der Waals surface area (Å²) in [7, 11) is 0. The number of benzene rings is 1. The molecule has 0 radical (unpaired) electrons. The highest BCUT2D eigenvalue weighted by atomic mass is 35.5. The van der Waals surface area contributed by atoms with Gasteiger partial charge in [-0.1, -0.05) is 24.6 Å². The Morgan fingerprint density at radius 1 is 1.50 bits per heavy atom. The van der Waals surface area contributed by atoms with Crippen LogP contribution < -0.4 is 0 Å². The van der Waals surface area contributed by atoms with E-state index in [1.54, 1.807) is 6.07 Å². The average Bonchev–Trinajstić information content (AvgIpc) is 2.17. The predicted octanol–water partition coefficient (Wildman–Crippen LogP) is 3.24. The van der Waals surface area contributed by atoms with Gasteiger partial charge in [0, 0.05) is 11.5 Å². The van der Waals surface area contributed by atoms with Crippen molar-refractivity contribution in [2.75, 3.05) is 0 Å². The lowest BCUT2D eigenvalue weighted by Gasteiger charge is -2.21. The summed E-state index contributed by atoms with van der Waals surface area (Å²) in [5, 5.41) is -0.0148. The van der Waals surface area contributed by atoms with Gasteiger partial charge in [-0.25, -0.2) is 4.39 Å². The molecule has 1 aromatic carbocycles. The minimum absolute atomic E-state index is 0.0148. The number of carbonyl (C=O) groups is 1. The molecule has 14 heavy (non-hydrogen) atoms. The molecule has 0 heterocycles. The molecule has 0 amide bonds. The van der Waals surface area contributed by atoms with Crippen LogP contribution in [0.15, 0.2) is 12.1 Å². The summed E-state index contributed by atoms with van der Waals surface area (Å²) in [5.41, 5.74) is 1.27. The zero-order valence-electron chi connectivity index (χ0n) is 7.81. The number of fused-ring (bicyclic) bond motifs is 1. The van der Waals surface area contributed by atoms with Crippen LogP contribution in [0.5, 0.6) is 0 Å². The van der Waals surface area contributed by atoms with Crippen molar-refractivity contribution in [2.45, 2.75) is 19.8 Å². The van der Waals surface area contributed by atoms with E-state index in [2.05, 4.69) is 0 Å². The van der Waals surface area contributed by atoms with E-state index in [1.807, 2.05) is 6.92 Å². The molecule has 1 atom stereocenters. The van der Waals surface area contributed by atoms with Gasteiger partial charge in [0.05, 0.1) is 5.02 Å². The molecular weight excluding hydrogens is 203 g/mol. The Bertz CT molecular complexity index is 401. The van der Waals surface area contributed by atoms with Crippen LogP contribution in [-0.4, -0.2) is 5.78 Å². The number of hydrogen-bond acceptors (Lipinski definition) is 1. The average molecular weight is 213 g/mol. The molecule has 0 aliphatic heterocycles. The molecule has 0 saturated carbocycles. The second-order valence-electron chi connectivity index (χ2n) is 3.70. The molecule has 74 valence electrons. The normalized spacial score (nSPS) is 20.8. The first-order valence-corrected chi connectivity index (χ1v) is 5.00. The highest BCUT2D eigenvalue weighted by Gasteiger charge is 2.27. The maximum Gasteiger partial charge on any atom is 0.167 e. The topological polar surface area (TPSA) is 17.1 Å². The van der Waals surface area contributed by atoms with Gasteiger partial charge in [-0.2, -0.15) is 0 Å². The molecule has 1 aromatic rings. The highest BCUT2D eigenvalue weighted by Crippen LogP contribution is 2.32. The first-order valence-electron chi connectivity index (χ1n) is 4.62. The van der Waals surface area contributed by atoms with Crippen molar-refractivity contribution in [2.24, 2.45) is 5.92 Å². The van der Waals surface area contributed by atoms with Crippen molar-refractivity contribution in [3.05, 3.63) is 34.1 Å². The van der Waals surface area contributed by atoms with Gasteiger partial charge < -0.3 is 0 Å². The molecule has 2 rings (SSSR count). The molecule has 0 bridgehead atoms. The fraction of sp³-hybridized carbons (Fsp3) is 0.364. The molecule has 1 aliphatic carbocycles. The van der Waals surface area contributed by atoms with Crippen molar-refractivity contribution in [3.8, 4) is 0 Å². The standard InChI is InChI=1S/C11H10ClFO/c1-6-2-3-7-4-5-8(13)10(12)9(7)11(6)14/h4-6H,2-3H2,1H3. The quantitative estimate of drug-likeness (QED) is 0.645.